The summed E-state index contributed by atoms with van der Waals surface area (Å²) in [6.07, 6.45) is 2.05. The topological polar surface area (TPSA) is 95.7 Å². The van der Waals surface area contributed by atoms with Crippen LogP contribution in [0.1, 0.15) is 61.3 Å². The maximum atomic E-state index is 13.0. The molecule has 2 aromatic heterocycles. The smallest absolute Gasteiger partial charge is 0.356 e. The third-order valence-electron chi connectivity index (χ3n) is 6.32. The largest absolute Gasteiger partial charge is 0.476 e. The molecule has 8 heteroatoms. The molecule has 0 unspecified atom stereocenters. The zero-order chi connectivity index (χ0) is 23.9. The Bertz CT molecular complexity index is 1270. The van der Waals surface area contributed by atoms with Crippen molar-refractivity contribution in [3.63, 3.8) is 0 Å². The first-order chi connectivity index (χ1) is 15.5. The van der Waals surface area contributed by atoms with Crippen LogP contribution in [0.4, 0.5) is 11.6 Å². The van der Waals surface area contributed by atoms with E-state index in [1.54, 1.807) is 12.1 Å². The van der Waals surface area contributed by atoms with Crippen molar-refractivity contribution >= 4 is 40.1 Å². The predicted molar refractivity (Wildman–Crippen MR) is 131 cm³/mol. The molecule has 4 rings (SSSR count). The summed E-state index contributed by atoms with van der Waals surface area (Å²) in [6.45, 7) is 9.98. The number of nitrogens with one attached hydrogen (secondary N) is 1. The fourth-order valence-electron chi connectivity index (χ4n) is 4.26. The van der Waals surface area contributed by atoms with Gasteiger partial charge in [-0.05, 0) is 55.9 Å². The van der Waals surface area contributed by atoms with Gasteiger partial charge in [0.05, 0.1) is 17.1 Å². The van der Waals surface area contributed by atoms with Crippen molar-refractivity contribution < 1.29 is 14.3 Å². The number of rotatable bonds is 5. The molecular weight excluding hydrogens is 442 g/mol. The summed E-state index contributed by atoms with van der Waals surface area (Å²) >= 11 is 5.88. The first-order valence-electron chi connectivity index (χ1n) is 11.0. The van der Waals surface area contributed by atoms with Crippen LogP contribution in [0.25, 0.3) is 11.0 Å². The number of carboxylic acids is 1. The Balaban J connectivity index is 1.75. The summed E-state index contributed by atoms with van der Waals surface area (Å²) in [5, 5.41) is 13.3. The molecule has 0 spiro atoms. The van der Waals surface area contributed by atoms with Gasteiger partial charge in [0.25, 0.3) is 0 Å². The molecule has 3 heterocycles. The maximum absolute atomic E-state index is 13.0. The van der Waals surface area contributed by atoms with Crippen LogP contribution >= 0.6 is 11.6 Å². The second-order valence-corrected chi connectivity index (χ2v) is 9.92. The molecule has 1 saturated heterocycles. The summed E-state index contributed by atoms with van der Waals surface area (Å²) in [4.78, 5) is 30.7. The Morgan fingerprint density at radius 3 is 2.61 bits per heavy atom. The molecule has 1 aromatic carbocycles. The number of carboxylic acid groups (broad SMARTS) is 1. The van der Waals surface area contributed by atoms with Gasteiger partial charge in [-0.3, -0.25) is 4.79 Å². The molecule has 7 nitrogen and oxygen atoms in total. The number of pyridine rings is 1. The fourth-order valence-corrected chi connectivity index (χ4v) is 4.41. The normalized spacial score (nSPS) is 16.6. The average molecular weight is 470 g/mol. The zero-order valence-electron chi connectivity index (χ0n) is 19.2. The Morgan fingerprint density at radius 2 is 1.94 bits per heavy atom. The highest BCUT2D eigenvalue weighted by atomic mass is 35.5. The standard InChI is InChI=1S/C25H28ClN3O4/c1-14-11-16(15(2)27-18-5-6-20(26)28-22(18)24(31)32)23-17(12-14)19(30)13-21(33-23)29-9-7-25(3,4)8-10-29/h5-6,11-13,15,27H,7-10H2,1-4H3,(H,31,32)/t15-/m1/s1. The van der Waals surface area contributed by atoms with Crippen molar-refractivity contribution in [1.82, 2.24) is 4.98 Å². The third-order valence-corrected chi connectivity index (χ3v) is 6.53. The van der Waals surface area contributed by atoms with Crippen LogP contribution < -0.4 is 15.6 Å². The zero-order valence-corrected chi connectivity index (χ0v) is 20.0. The van der Waals surface area contributed by atoms with E-state index in [0.29, 0.717) is 22.5 Å². The van der Waals surface area contributed by atoms with Gasteiger partial charge in [-0.15, -0.1) is 0 Å². The number of aromatic nitrogens is 1. The van der Waals surface area contributed by atoms with Crippen molar-refractivity contribution in [3.05, 3.63) is 62.5 Å². The van der Waals surface area contributed by atoms with Crippen molar-refractivity contribution in [2.24, 2.45) is 5.41 Å². The number of benzene rings is 1. The maximum Gasteiger partial charge on any atom is 0.356 e. The van der Waals surface area contributed by atoms with Gasteiger partial charge in [-0.1, -0.05) is 31.5 Å². The third kappa shape index (κ3) is 4.83. The monoisotopic (exact) mass is 469 g/mol. The summed E-state index contributed by atoms with van der Waals surface area (Å²) in [7, 11) is 0. The molecule has 0 bridgehead atoms. The van der Waals surface area contributed by atoms with Crippen LogP contribution in [-0.4, -0.2) is 29.1 Å². The van der Waals surface area contributed by atoms with Gasteiger partial charge in [-0.25, -0.2) is 9.78 Å². The lowest BCUT2D eigenvalue weighted by Crippen LogP contribution is -2.37. The molecule has 2 N–H and O–H groups in total. The number of hydrogen-bond acceptors (Lipinski definition) is 6. The number of aromatic carboxylic acids is 1. The van der Waals surface area contributed by atoms with Gasteiger partial charge in [0.2, 0.25) is 0 Å². The highest BCUT2D eigenvalue weighted by Gasteiger charge is 2.27. The van der Waals surface area contributed by atoms with E-state index in [-0.39, 0.29) is 27.7 Å². The Kier molecular flexibility index (Phi) is 6.10. The van der Waals surface area contributed by atoms with E-state index in [4.69, 9.17) is 16.0 Å². The van der Waals surface area contributed by atoms with Gasteiger partial charge in [0.15, 0.2) is 17.0 Å². The van der Waals surface area contributed by atoms with Gasteiger partial charge in [0, 0.05) is 24.7 Å². The number of halogens is 1. The van der Waals surface area contributed by atoms with Crippen molar-refractivity contribution in [2.45, 2.75) is 46.6 Å². The summed E-state index contributed by atoms with van der Waals surface area (Å²) < 4.78 is 6.32. The quantitative estimate of drug-likeness (QED) is 0.466. The summed E-state index contributed by atoms with van der Waals surface area (Å²) in [6, 6.07) is 8.13. The molecule has 1 atom stereocenters. The van der Waals surface area contributed by atoms with Crippen molar-refractivity contribution in [1.29, 1.82) is 0 Å². The number of anilines is 2. The molecule has 1 fully saturated rings. The molecule has 1 aliphatic rings. The van der Waals surface area contributed by atoms with Crippen molar-refractivity contribution in [3.8, 4) is 0 Å². The lowest BCUT2D eigenvalue weighted by atomic mass is 9.83. The first kappa shape index (κ1) is 23.1. The van der Waals surface area contributed by atoms with Gasteiger partial charge >= 0.3 is 5.97 Å². The van der Waals surface area contributed by atoms with Crippen LogP contribution in [-0.2, 0) is 0 Å². The minimum absolute atomic E-state index is 0.0902. The van der Waals surface area contributed by atoms with E-state index < -0.39 is 5.97 Å². The summed E-state index contributed by atoms with van der Waals surface area (Å²) in [5.74, 6) is -0.608. The first-order valence-corrected chi connectivity index (χ1v) is 11.4. The molecule has 0 saturated carbocycles. The van der Waals surface area contributed by atoms with Crippen molar-refractivity contribution in [2.75, 3.05) is 23.3 Å². The van der Waals surface area contributed by atoms with Crippen LogP contribution in [0.15, 0.2) is 39.5 Å². The number of nitrogens with zero attached hydrogens (tertiary/aromatic N) is 2. The minimum Gasteiger partial charge on any atom is -0.476 e. The molecule has 0 radical (unpaired) electrons. The molecule has 33 heavy (non-hydrogen) atoms. The van der Waals surface area contributed by atoms with E-state index in [9.17, 15) is 14.7 Å². The highest BCUT2D eigenvalue weighted by molar-refractivity contribution is 6.29. The predicted octanol–water partition coefficient (Wildman–Crippen LogP) is 5.65. The van der Waals surface area contributed by atoms with Gasteiger partial charge in [-0.2, -0.15) is 0 Å². The van der Waals surface area contributed by atoms with Crippen LogP contribution in [0, 0.1) is 12.3 Å². The highest BCUT2D eigenvalue weighted by Crippen LogP contribution is 2.34. The van der Waals surface area contributed by atoms with E-state index in [1.165, 1.54) is 6.07 Å². The Hall–Kier alpha value is -3.06. The van der Waals surface area contributed by atoms with E-state index in [2.05, 4.69) is 29.0 Å². The number of aryl methyl sites for hydroxylation is 1. The molecule has 174 valence electrons. The van der Waals surface area contributed by atoms with Crippen LogP contribution in [0.2, 0.25) is 5.15 Å². The number of piperidine rings is 1. The lowest BCUT2D eigenvalue weighted by molar-refractivity contribution is 0.0691. The fraction of sp³-hybridized carbons (Fsp3) is 0.400. The second-order valence-electron chi connectivity index (χ2n) is 9.53. The molecule has 1 aliphatic heterocycles. The summed E-state index contributed by atoms with van der Waals surface area (Å²) in [5.41, 5.74) is 2.56. The number of fused-ring (bicyclic) bond motifs is 1. The van der Waals surface area contributed by atoms with Gasteiger partial charge in [0.1, 0.15) is 10.7 Å². The van der Waals surface area contributed by atoms with E-state index in [1.807, 2.05) is 26.0 Å². The second kappa shape index (κ2) is 8.71. The minimum atomic E-state index is -1.18. The van der Waals surface area contributed by atoms with E-state index >= 15 is 0 Å². The van der Waals surface area contributed by atoms with Gasteiger partial charge < -0.3 is 19.7 Å². The van der Waals surface area contributed by atoms with Crippen LogP contribution in [0.3, 0.4) is 0 Å². The molecule has 0 aliphatic carbocycles. The Labute approximate surface area is 197 Å². The van der Waals surface area contributed by atoms with Crippen LogP contribution in [0.5, 0.6) is 0 Å². The lowest BCUT2D eigenvalue weighted by Gasteiger charge is -2.37. The van der Waals surface area contributed by atoms with E-state index in [0.717, 1.165) is 37.1 Å². The number of carbonyl (C=O) groups is 1. The molecule has 3 aromatic rings. The number of hydrogen-bond donors (Lipinski definition) is 2. The molecular formula is C25H28ClN3O4. The Morgan fingerprint density at radius 1 is 1.24 bits per heavy atom. The SMILES string of the molecule is Cc1cc([C@@H](C)Nc2ccc(Cl)nc2C(=O)O)c2oc(N3CCC(C)(C)CC3)cc(=O)c2c1. The molecule has 0 amide bonds. The average Bonchev–Trinajstić information content (AvgIpc) is 2.74.